The molecule has 1 radical (unpaired) electrons. The molecule has 0 fully saturated rings. The maximum absolute atomic E-state index is 3.54. The van der Waals surface area contributed by atoms with E-state index in [1.807, 2.05) is 0 Å². The number of unbranched alkanes of at least 4 members (excludes halogenated alkanes) is 6. The van der Waals surface area contributed by atoms with Gasteiger partial charge >= 0.3 is 0 Å². The topological polar surface area (TPSA) is 0 Å². The van der Waals surface area contributed by atoms with Gasteiger partial charge in [0.25, 0.3) is 0 Å². The molecule has 0 saturated heterocycles. The second kappa shape index (κ2) is 7.99. The maximum atomic E-state index is 3.54. The Labute approximate surface area is 117 Å². The number of benzene rings is 2. The second-order valence-electron chi connectivity index (χ2n) is 5.44. The Hall–Kier alpha value is -1.30. The Balaban J connectivity index is 1.72. The predicted molar refractivity (Wildman–Crippen MR) is 84.5 cm³/mol. The Morgan fingerprint density at radius 3 is 2.37 bits per heavy atom. The number of fused-ring (bicyclic) bond motifs is 1. The molecule has 0 spiro atoms. The van der Waals surface area contributed by atoms with Crippen molar-refractivity contribution in [2.24, 2.45) is 0 Å². The summed E-state index contributed by atoms with van der Waals surface area (Å²) in [5.74, 6) is 0. The van der Waals surface area contributed by atoms with Gasteiger partial charge in [0.1, 0.15) is 0 Å². The van der Waals surface area contributed by atoms with Gasteiger partial charge in [0.2, 0.25) is 0 Å². The van der Waals surface area contributed by atoms with E-state index in [2.05, 4.69) is 49.4 Å². The minimum atomic E-state index is 1.18. The molecule has 101 valence electrons. The van der Waals surface area contributed by atoms with Crippen LogP contribution in [0.4, 0.5) is 0 Å². The highest BCUT2D eigenvalue weighted by Gasteiger charge is 1.97. The lowest BCUT2D eigenvalue weighted by Crippen LogP contribution is -1.87. The highest BCUT2D eigenvalue weighted by atomic mass is 14.0. The minimum absolute atomic E-state index is 1.18. The van der Waals surface area contributed by atoms with Crippen LogP contribution in [-0.2, 0) is 6.42 Å². The van der Waals surface area contributed by atoms with Gasteiger partial charge in [-0.2, -0.15) is 0 Å². The zero-order chi connectivity index (χ0) is 13.3. The molecule has 0 heteroatoms. The smallest absolute Gasteiger partial charge is 0.00643 e. The SMILES string of the molecule is CCCCCCCCCc1[c]c2ccccc2cc1. The van der Waals surface area contributed by atoms with Crippen molar-refractivity contribution >= 4 is 10.8 Å². The van der Waals surface area contributed by atoms with Crippen molar-refractivity contribution in [3.8, 4) is 0 Å². The summed E-state index contributed by atoms with van der Waals surface area (Å²) in [4.78, 5) is 0. The molecule has 0 aliphatic heterocycles. The predicted octanol–water partition coefficient (Wildman–Crippen LogP) is 5.93. The molecular weight excluding hydrogens is 228 g/mol. The first kappa shape index (κ1) is 14.1. The summed E-state index contributed by atoms with van der Waals surface area (Å²) in [5, 5.41) is 2.55. The minimum Gasteiger partial charge on any atom is -0.0654 e. The van der Waals surface area contributed by atoms with E-state index in [4.69, 9.17) is 0 Å². The Bertz CT molecular complexity index is 484. The fraction of sp³-hybridized carbons (Fsp3) is 0.474. The number of hydrogen-bond acceptors (Lipinski definition) is 0. The summed E-state index contributed by atoms with van der Waals surface area (Å²) in [6.07, 6.45) is 10.8. The maximum Gasteiger partial charge on any atom is -0.00643 e. The van der Waals surface area contributed by atoms with Crippen molar-refractivity contribution in [3.05, 3.63) is 48.0 Å². The highest BCUT2D eigenvalue weighted by Crippen LogP contribution is 2.17. The van der Waals surface area contributed by atoms with Crippen LogP contribution in [0, 0.1) is 6.07 Å². The van der Waals surface area contributed by atoms with Gasteiger partial charge in [-0.05, 0) is 35.2 Å². The molecule has 2 aromatic rings. The van der Waals surface area contributed by atoms with E-state index in [0.29, 0.717) is 0 Å². The molecule has 0 amide bonds. The third kappa shape index (κ3) is 4.70. The van der Waals surface area contributed by atoms with E-state index >= 15 is 0 Å². The van der Waals surface area contributed by atoms with Crippen LogP contribution in [0.1, 0.15) is 57.4 Å². The number of aryl methyl sites for hydroxylation is 1. The fourth-order valence-corrected chi connectivity index (χ4v) is 2.58. The van der Waals surface area contributed by atoms with Crippen molar-refractivity contribution in [3.63, 3.8) is 0 Å². The molecule has 0 atom stereocenters. The molecule has 0 aliphatic rings. The molecule has 0 saturated carbocycles. The molecule has 0 aliphatic carbocycles. The molecule has 2 aromatic carbocycles. The Morgan fingerprint density at radius 2 is 1.53 bits per heavy atom. The van der Waals surface area contributed by atoms with Gasteiger partial charge in [0.15, 0.2) is 0 Å². The molecule has 0 bridgehead atoms. The van der Waals surface area contributed by atoms with Gasteiger partial charge in [-0.1, -0.05) is 81.8 Å². The molecule has 0 heterocycles. The zero-order valence-electron chi connectivity index (χ0n) is 12.1. The molecule has 0 unspecified atom stereocenters. The standard InChI is InChI=1S/C19H25/c1-2-3-4-5-6-7-8-11-17-14-15-18-12-9-10-13-19(18)16-17/h9-10,12-15H,2-8,11H2,1H3. The average molecular weight is 253 g/mol. The van der Waals surface area contributed by atoms with E-state index in [1.165, 1.54) is 67.7 Å². The summed E-state index contributed by atoms with van der Waals surface area (Å²) in [6, 6.07) is 16.5. The first-order chi connectivity index (χ1) is 9.40. The summed E-state index contributed by atoms with van der Waals surface area (Å²) >= 11 is 0. The lowest BCUT2D eigenvalue weighted by Gasteiger charge is -2.04. The van der Waals surface area contributed by atoms with E-state index in [9.17, 15) is 0 Å². The van der Waals surface area contributed by atoms with Crippen molar-refractivity contribution in [1.82, 2.24) is 0 Å². The zero-order valence-corrected chi connectivity index (χ0v) is 12.1. The highest BCUT2D eigenvalue weighted by molar-refractivity contribution is 5.82. The Kier molecular flexibility index (Phi) is 5.94. The fourth-order valence-electron chi connectivity index (χ4n) is 2.58. The van der Waals surface area contributed by atoms with E-state index in [0.717, 1.165) is 0 Å². The molecule has 0 aromatic heterocycles. The van der Waals surface area contributed by atoms with Crippen LogP contribution >= 0.6 is 0 Å². The molecular formula is C19H25. The van der Waals surface area contributed by atoms with Crippen molar-refractivity contribution < 1.29 is 0 Å². The van der Waals surface area contributed by atoms with Gasteiger partial charge in [0.05, 0.1) is 0 Å². The molecule has 0 nitrogen and oxygen atoms in total. The first-order valence-corrected chi connectivity index (χ1v) is 7.80. The normalized spacial score (nSPS) is 11.0. The lowest BCUT2D eigenvalue weighted by molar-refractivity contribution is 0.589. The summed E-state index contributed by atoms with van der Waals surface area (Å²) in [6.45, 7) is 2.27. The monoisotopic (exact) mass is 253 g/mol. The van der Waals surface area contributed by atoms with Gasteiger partial charge in [0, 0.05) is 0 Å². The van der Waals surface area contributed by atoms with E-state index < -0.39 is 0 Å². The van der Waals surface area contributed by atoms with Crippen LogP contribution in [-0.4, -0.2) is 0 Å². The third-order valence-electron chi connectivity index (χ3n) is 3.77. The Morgan fingerprint density at radius 1 is 0.789 bits per heavy atom. The largest absolute Gasteiger partial charge is 0.0654 e. The molecule has 2 rings (SSSR count). The number of rotatable bonds is 8. The van der Waals surface area contributed by atoms with Gasteiger partial charge in [-0.3, -0.25) is 0 Å². The third-order valence-corrected chi connectivity index (χ3v) is 3.77. The van der Waals surface area contributed by atoms with Gasteiger partial charge < -0.3 is 0 Å². The number of hydrogen-bond donors (Lipinski definition) is 0. The average Bonchev–Trinajstić information content (AvgIpc) is 2.46. The summed E-state index contributed by atoms with van der Waals surface area (Å²) in [5.41, 5.74) is 1.37. The lowest BCUT2D eigenvalue weighted by atomic mass is 10.0. The van der Waals surface area contributed by atoms with Crippen LogP contribution in [0.5, 0.6) is 0 Å². The van der Waals surface area contributed by atoms with E-state index in [-0.39, 0.29) is 0 Å². The van der Waals surface area contributed by atoms with Crippen molar-refractivity contribution in [2.45, 2.75) is 58.3 Å². The van der Waals surface area contributed by atoms with Crippen LogP contribution in [0.15, 0.2) is 36.4 Å². The summed E-state index contributed by atoms with van der Waals surface area (Å²) < 4.78 is 0. The van der Waals surface area contributed by atoms with Crippen LogP contribution < -0.4 is 0 Å². The summed E-state index contributed by atoms with van der Waals surface area (Å²) in [7, 11) is 0. The van der Waals surface area contributed by atoms with Gasteiger partial charge in [-0.25, -0.2) is 0 Å². The quantitative estimate of drug-likeness (QED) is 0.511. The van der Waals surface area contributed by atoms with Crippen LogP contribution in [0.2, 0.25) is 0 Å². The van der Waals surface area contributed by atoms with E-state index in [1.54, 1.807) is 0 Å². The molecule has 19 heavy (non-hydrogen) atoms. The van der Waals surface area contributed by atoms with Crippen molar-refractivity contribution in [1.29, 1.82) is 0 Å². The van der Waals surface area contributed by atoms with Crippen LogP contribution in [0.3, 0.4) is 0 Å². The van der Waals surface area contributed by atoms with Gasteiger partial charge in [-0.15, -0.1) is 0 Å². The second-order valence-corrected chi connectivity index (χ2v) is 5.44. The first-order valence-electron chi connectivity index (χ1n) is 7.80. The molecule has 0 N–H and O–H groups in total. The van der Waals surface area contributed by atoms with Crippen molar-refractivity contribution in [2.75, 3.05) is 0 Å². The van der Waals surface area contributed by atoms with Crippen LogP contribution in [0.25, 0.3) is 10.8 Å².